The van der Waals surface area contributed by atoms with Gasteiger partial charge in [-0.05, 0) is 30.9 Å². The maximum Gasteiger partial charge on any atom is 0.265 e. The smallest absolute Gasteiger partial charge is 0.265 e. The average molecular weight is 277 g/mol. The Labute approximate surface area is 112 Å². The van der Waals surface area contributed by atoms with E-state index < -0.39 is 10.0 Å². The monoisotopic (exact) mass is 277 g/mol. The molecule has 3 rings (SSSR count). The van der Waals surface area contributed by atoms with Gasteiger partial charge in [0.15, 0.2) is 0 Å². The van der Waals surface area contributed by atoms with E-state index in [0.717, 1.165) is 10.8 Å². The summed E-state index contributed by atoms with van der Waals surface area (Å²) < 4.78 is 26.7. The summed E-state index contributed by atoms with van der Waals surface area (Å²) in [5, 5.41) is 10.8. The van der Waals surface area contributed by atoms with Gasteiger partial charge in [-0.15, -0.1) is 0 Å². The number of benzene rings is 2. The Morgan fingerprint density at radius 1 is 1.21 bits per heavy atom. The molecule has 2 aromatic carbocycles. The number of anilines is 1. The van der Waals surface area contributed by atoms with Gasteiger partial charge in [-0.1, -0.05) is 24.3 Å². The number of hydrogen-bond acceptors (Lipinski definition) is 3. The Morgan fingerprint density at radius 3 is 2.58 bits per heavy atom. The quantitative estimate of drug-likeness (QED) is 0.935. The molecule has 1 aliphatic rings. The Hall–Kier alpha value is -1.59. The third-order valence-electron chi connectivity index (χ3n) is 3.57. The molecule has 0 spiro atoms. The summed E-state index contributed by atoms with van der Waals surface area (Å²) >= 11 is 0. The normalized spacial score (nSPS) is 17.9. The van der Waals surface area contributed by atoms with E-state index in [1.807, 2.05) is 31.2 Å². The van der Waals surface area contributed by atoms with Crippen molar-refractivity contribution in [2.75, 3.05) is 10.9 Å². The van der Waals surface area contributed by atoms with Crippen LogP contribution in [0, 0.1) is 0 Å². The fourth-order valence-electron chi connectivity index (χ4n) is 2.70. The molecule has 1 atom stereocenters. The molecule has 0 saturated carbocycles. The lowest BCUT2D eigenvalue weighted by Gasteiger charge is -2.25. The Morgan fingerprint density at radius 2 is 1.89 bits per heavy atom. The highest BCUT2D eigenvalue weighted by Gasteiger charge is 2.37. The van der Waals surface area contributed by atoms with E-state index in [0.29, 0.717) is 17.0 Å². The number of hydrogen-bond donors (Lipinski definition) is 1. The molecule has 2 aromatic rings. The van der Waals surface area contributed by atoms with Crippen molar-refractivity contribution in [3.8, 4) is 0 Å². The third kappa shape index (κ3) is 1.65. The number of sulfonamides is 1. The zero-order chi connectivity index (χ0) is 13.6. The minimum atomic E-state index is -3.50. The van der Waals surface area contributed by atoms with Crippen LogP contribution in [0.15, 0.2) is 41.3 Å². The predicted molar refractivity (Wildman–Crippen MR) is 74.8 cm³/mol. The molecule has 0 radical (unpaired) electrons. The van der Waals surface area contributed by atoms with Crippen molar-refractivity contribution in [3.63, 3.8) is 0 Å². The van der Waals surface area contributed by atoms with Crippen molar-refractivity contribution in [2.45, 2.75) is 24.3 Å². The summed E-state index contributed by atoms with van der Waals surface area (Å²) in [6.07, 6.45) is 0.420. The van der Waals surface area contributed by atoms with Crippen molar-refractivity contribution in [3.05, 3.63) is 36.4 Å². The van der Waals surface area contributed by atoms with Crippen LogP contribution in [0.3, 0.4) is 0 Å². The van der Waals surface area contributed by atoms with Gasteiger partial charge in [0, 0.05) is 18.0 Å². The van der Waals surface area contributed by atoms with E-state index in [1.54, 1.807) is 12.1 Å². The van der Waals surface area contributed by atoms with Gasteiger partial charge in [-0.2, -0.15) is 0 Å². The van der Waals surface area contributed by atoms with E-state index in [-0.39, 0.29) is 12.6 Å². The zero-order valence-corrected chi connectivity index (χ0v) is 11.4. The van der Waals surface area contributed by atoms with E-state index in [4.69, 9.17) is 5.11 Å². The van der Waals surface area contributed by atoms with Crippen LogP contribution in [0.1, 0.15) is 13.3 Å². The number of aliphatic hydroxyl groups excluding tert-OH is 1. The second-order valence-corrected chi connectivity index (χ2v) is 6.58. The molecule has 5 heteroatoms. The Kier molecular flexibility index (Phi) is 2.76. The summed E-state index contributed by atoms with van der Waals surface area (Å²) in [6, 6.07) is 10.7. The third-order valence-corrected chi connectivity index (χ3v) is 5.54. The van der Waals surface area contributed by atoms with Crippen LogP contribution in [-0.2, 0) is 10.0 Å². The van der Waals surface area contributed by atoms with Gasteiger partial charge in [-0.25, -0.2) is 8.42 Å². The summed E-state index contributed by atoms with van der Waals surface area (Å²) in [7, 11) is -3.50. The highest BCUT2D eigenvalue weighted by Crippen LogP contribution is 2.43. The minimum absolute atomic E-state index is 0.0283. The molecule has 0 saturated heterocycles. The van der Waals surface area contributed by atoms with Crippen LogP contribution in [-0.4, -0.2) is 26.2 Å². The molecule has 1 heterocycles. The molecular weight excluding hydrogens is 262 g/mol. The summed E-state index contributed by atoms with van der Waals surface area (Å²) in [6.45, 7) is 1.79. The SMILES string of the molecule is CC(CCO)N1c2cccc3cccc(c23)S1(=O)=O. The lowest BCUT2D eigenvalue weighted by molar-refractivity contribution is 0.279. The van der Waals surface area contributed by atoms with Crippen LogP contribution in [0.2, 0.25) is 0 Å². The average Bonchev–Trinajstić information content (AvgIpc) is 2.61. The molecule has 0 aliphatic carbocycles. The molecule has 1 aliphatic heterocycles. The Bertz CT molecular complexity index is 734. The molecule has 1 unspecified atom stereocenters. The highest BCUT2D eigenvalue weighted by atomic mass is 32.2. The van der Waals surface area contributed by atoms with Crippen molar-refractivity contribution >= 4 is 26.5 Å². The first-order valence-corrected chi connectivity index (χ1v) is 7.68. The van der Waals surface area contributed by atoms with Gasteiger partial charge in [0.1, 0.15) is 0 Å². The molecule has 1 N–H and O–H groups in total. The van der Waals surface area contributed by atoms with Gasteiger partial charge in [-0.3, -0.25) is 4.31 Å². The van der Waals surface area contributed by atoms with Crippen molar-refractivity contribution in [2.24, 2.45) is 0 Å². The first-order chi connectivity index (χ1) is 9.07. The molecule has 4 nitrogen and oxygen atoms in total. The molecule has 0 bridgehead atoms. The molecule has 100 valence electrons. The van der Waals surface area contributed by atoms with E-state index in [2.05, 4.69) is 0 Å². The van der Waals surface area contributed by atoms with Crippen molar-refractivity contribution in [1.82, 2.24) is 0 Å². The topological polar surface area (TPSA) is 57.6 Å². The zero-order valence-electron chi connectivity index (χ0n) is 10.6. The van der Waals surface area contributed by atoms with Crippen LogP contribution in [0.4, 0.5) is 5.69 Å². The molecule has 0 fully saturated rings. The number of rotatable bonds is 3. The largest absolute Gasteiger partial charge is 0.396 e. The molecule has 0 aromatic heterocycles. The molecule has 19 heavy (non-hydrogen) atoms. The second-order valence-electron chi connectivity index (χ2n) is 4.79. The van der Waals surface area contributed by atoms with Gasteiger partial charge >= 0.3 is 0 Å². The summed E-state index contributed by atoms with van der Waals surface area (Å²) in [5.74, 6) is 0. The molecule has 0 amide bonds. The van der Waals surface area contributed by atoms with Crippen LogP contribution >= 0.6 is 0 Å². The van der Waals surface area contributed by atoms with E-state index in [1.165, 1.54) is 4.31 Å². The van der Waals surface area contributed by atoms with Crippen LogP contribution in [0.25, 0.3) is 10.8 Å². The lowest BCUT2D eigenvalue weighted by atomic mass is 10.1. The summed E-state index contributed by atoms with van der Waals surface area (Å²) in [4.78, 5) is 0.366. The Balaban J connectivity index is 2.30. The first-order valence-electron chi connectivity index (χ1n) is 6.24. The standard InChI is InChI=1S/C14H15NO3S/c1-10(8-9-16)15-12-6-2-4-11-5-3-7-13(14(11)12)19(15,17)18/h2-7,10,16H,8-9H2,1H3. The van der Waals surface area contributed by atoms with E-state index in [9.17, 15) is 8.42 Å². The second kappa shape index (κ2) is 4.21. The van der Waals surface area contributed by atoms with Crippen molar-refractivity contribution in [1.29, 1.82) is 0 Å². The fourth-order valence-corrected chi connectivity index (χ4v) is 4.63. The van der Waals surface area contributed by atoms with Crippen LogP contribution in [0.5, 0.6) is 0 Å². The fraction of sp³-hybridized carbons (Fsp3) is 0.286. The van der Waals surface area contributed by atoms with Gasteiger partial charge in [0.2, 0.25) is 0 Å². The maximum absolute atomic E-state index is 12.6. The number of aliphatic hydroxyl groups is 1. The minimum Gasteiger partial charge on any atom is -0.396 e. The van der Waals surface area contributed by atoms with Gasteiger partial charge < -0.3 is 5.11 Å². The first kappa shape index (κ1) is 12.4. The van der Waals surface area contributed by atoms with Crippen molar-refractivity contribution < 1.29 is 13.5 Å². The van der Waals surface area contributed by atoms with E-state index >= 15 is 0 Å². The van der Waals surface area contributed by atoms with Gasteiger partial charge in [0.05, 0.1) is 10.6 Å². The predicted octanol–water partition coefficient (Wildman–Crippen LogP) is 2.12. The highest BCUT2D eigenvalue weighted by molar-refractivity contribution is 7.93. The lowest BCUT2D eigenvalue weighted by Crippen LogP contribution is -2.36. The number of nitrogens with zero attached hydrogens (tertiary/aromatic N) is 1. The van der Waals surface area contributed by atoms with Crippen LogP contribution < -0.4 is 4.31 Å². The summed E-state index contributed by atoms with van der Waals surface area (Å²) in [5.41, 5.74) is 0.717. The van der Waals surface area contributed by atoms with Gasteiger partial charge in [0.25, 0.3) is 10.0 Å². The maximum atomic E-state index is 12.6. The molecular formula is C14H15NO3S.